The lowest BCUT2D eigenvalue weighted by Gasteiger charge is -2.21. The number of nitrogens with zero attached hydrogens (tertiary/aromatic N) is 1. The quantitative estimate of drug-likeness (QED) is 0.910. The summed E-state index contributed by atoms with van der Waals surface area (Å²) in [6, 6.07) is 8.12. The van der Waals surface area contributed by atoms with Gasteiger partial charge in [0.15, 0.2) is 0 Å². The molecule has 0 saturated heterocycles. The van der Waals surface area contributed by atoms with Crippen molar-refractivity contribution >= 4 is 11.6 Å². The van der Waals surface area contributed by atoms with Crippen LogP contribution >= 0.6 is 0 Å². The highest BCUT2D eigenvalue weighted by atomic mass is 19.1. The van der Waals surface area contributed by atoms with Crippen LogP contribution in [-0.4, -0.2) is 23.2 Å². The van der Waals surface area contributed by atoms with E-state index in [4.69, 9.17) is 0 Å². The topological polar surface area (TPSA) is 60.8 Å². The fourth-order valence-electron chi connectivity index (χ4n) is 2.24. The summed E-state index contributed by atoms with van der Waals surface area (Å²) in [4.78, 5) is 13.6. The van der Waals surface area contributed by atoms with Crippen LogP contribution < -0.4 is 4.90 Å². The van der Waals surface area contributed by atoms with Gasteiger partial charge in [0.05, 0.1) is 5.69 Å². The molecule has 0 aliphatic heterocycles. The SMILES string of the molecule is CC(C)c1cc(N(C)C(=O)c2cccc(F)c2)c(O)cc1O. The molecule has 22 heavy (non-hydrogen) atoms. The average Bonchev–Trinajstić information content (AvgIpc) is 2.45. The third-order valence-corrected chi connectivity index (χ3v) is 3.48. The highest BCUT2D eigenvalue weighted by molar-refractivity contribution is 6.06. The van der Waals surface area contributed by atoms with Gasteiger partial charge in [-0.2, -0.15) is 0 Å². The Bertz CT molecular complexity index is 713. The second-order valence-corrected chi connectivity index (χ2v) is 5.43. The maximum Gasteiger partial charge on any atom is 0.258 e. The lowest BCUT2D eigenvalue weighted by Crippen LogP contribution is -2.26. The van der Waals surface area contributed by atoms with Crippen molar-refractivity contribution in [1.82, 2.24) is 0 Å². The van der Waals surface area contributed by atoms with E-state index in [9.17, 15) is 19.4 Å². The second kappa shape index (κ2) is 6.05. The van der Waals surface area contributed by atoms with Gasteiger partial charge in [0.1, 0.15) is 17.3 Å². The number of amides is 1. The van der Waals surface area contributed by atoms with Crippen LogP contribution in [0.1, 0.15) is 35.7 Å². The fourth-order valence-corrected chi connectivity index (χ4v) is 2.24. The van der Waals surface area contributed by atoms with E-state index in [2.05, 4.69) is 0 Å². The number of aromatic hydroxyl groups is 2. The van der Waals surface area contributed by atoms with E-state index in [-0.39, 0.29) is 28.7 Å². The summed E-state index contributed by atoms with van der Waals surface area (Å²) in [7, 11) is 1.49. The monoisotopic (exact) mass is 303 g/mol. The normalized spacial score (nSPS) is 10.8. The van der Waals surface area contributed by atoms with Crippen LogP contribution in [0.3, 0.4) is 0 Å². The number of carbonyl (C=O) groups excluding carboxylic acids is 1. The van der Waals surface area contributed by atoms with Crippen LogP contribution in [0.15, 0.2) is 36.4 Å². The largest absolute Gasteiger partial charge is 0.508 e. The molecule has 0 bridgehead atoms. The first-order chi connectivity index (χ1) is 10.3. The number of carbonyl (C=O) groups is 1. The van der Waals surface area contributed by atoms with Gasteiger partial charge in [-0.1, -0.05) is 19.9 Å². The molecule has 0 heterocycles. The zero-order valence-electron chi connectivity index (χ0n) is 12.7. The van der Waals surface area contributed by atoms with E-state index in [1.165, 1.54) is 36.2 Å². The van der Waals surface area contributed by atoms with Crippen LogP contribution in [0.25, 0.3) is 0 Å². The molecular formula is C17H18FNO3. The third-order valence-electron chi connectivity index (χ3n) is 3.48. The van der Waals surface area contributed by atoms with Gasteiger partial charge in [-0.25, -0.2) is 4.39 Å². The van der Waals surface area contributed by atoms with Crippen LogP contribution in [-0.2, 0) is 0 Å². The van der Waals surface area contributed by atoms with E-state index in [1.807, 2.05) is 13.8 Å². The van der Waals surface area contributed by atoms with E-state index >= 15 is 0 Å². The zero-order valence-corrected chi connectivity index (χ0v) is 12.7. The molecule has 0 fully saturated rings. The van der Waals surface area contributed by atoms with Crippen molar-refractivity contribution in [3.63, 3.8) is 0 Å². The van der Waals surface area contributed by atoms with Crippen molar-refractivity contribution in [2.45, 2.75) is 19.8 Å². The smallest absolute Gasteiger partial charge is 0.258 e. The molecule has 2 aromatic carbocycles. The Hall–Kier alpha value is -2.56. The zero-order chi connectivity index (χ0) is 16.4. The molecule has 0 saturated carbocycles. The molecule has 2 N–H and O–H groups in total. The minimum absolute atomic E-state index is 0.0250. The Morgan fingerprint density at radius 2 is 1.82 bits per heavy atom. The predicted molar refractivity (Wildman–Crippen MR) is 83.0 cm³/mol. The van der Waals surface area contributed by atoms with Gasteiger partial charge in [0.25, 0.3) is 5.91 Å². The first kappa shape index (κ1) is 15.8. The molecule has 0 aliphatic carbocycles. The summed E-state index contributed by atoms with van der Waals surface area (Å²) < 4.78 is 13.2. The molecule has 2 rings (SSSR count). The Kier molecular flexibility index (Phi) is 4.35. The number of phenols is 2. The third kappa shape index (κ3) is 3.03. The summed E-state index contributed by atoms with van der Waals surface area (Å²) in [5, 5.41) is 19.8. The summed E-state index contributed by atoms with van der Waals surface area (Å²) >= 11 is 0. The number of anilines is 1. The Balaban J connectivity index is 2.42. The van der Waals surface area contributed by atoms with Crippen molar-refractivity contribution in [1.29, 1.82) is 0 Å². The van der Waals surface area contributed by atoms with Gasteiger partial charge in [-0.05, 0) is 35.7 Å². The second-order valence-electron chi connectivity index (χ2n) is 5.43. The van der Waals surface area contributed by atoms with Gasteiger partial charge in [-0.3, -0.25) is 4.79 Å². The molecule has 5 heteroatoms. The molecule has 1 amide bonds. The molecule has 0 atom stereocenters. The lowest BCUT2D eigenvalue weighted by atomic mass is 10.0. The van der Waals surface area contributed by atoms with E-state index in [0.717, 1.165) is 6.07 Å². The summed E-state index contributed by atoms with van der Waals surface area (Å²) in [5.74, 6) is -1.17. The molecule has 4 nitrogen and oxygen atoms in total. The molecule has 116 valence electrons. The first-order valence-electron chi connectivity index (χ1n) is 6.90. The summed E-state index contributed by atoms with van der Waals surface area (Å²) in [6.07, 6.45) is 0. The highest BCUT2D eigenvalue weighted by Gasteiger charge is 2.20. The minimum atomic E-state index is -0.503. The Morgan fingerprint density at radius 3 is 2.41 bits per heavy atom. The number of benzene rings is 2. The number of hydrogen-bond acceptors (Lipinski definition) is 3. The molecule has 0 spiro atoms. The number of phenolic OH excluding ortho intramolecular Hbond substituents is 2. The highest BCUT2D eigenvalue weighted by Crippen LogP contribution is 2.37. The van der Waals surface area contributed by atoms with Gasteiger partial charge in [0.2, 0.25) is 0 Å². The van der Waals surface area contributed by atoms with Crippen molar-refractivity contribution in [2.24, 2.45) is 0 Å². The van der Waals surface area contributed by atoms with Crippen molar-refractivity contribution in [2.75, 3.05) is 11.9 Å². The van der Waals surface area contributed by atoms with Gasteiger partial charge >= 0.3 is 0 Å². The van der Waals surface area contributed by atoms with E-state index in [1.54, 1.807) is 6.07 Å². The molecule has 2 aromatic rings. The van der Waals surface area contributed by atoms with Crippen LogP contribution in [0.2, 0.25) is 0 Å². The molecule has 0 unspecified atom stereocenters. The molecule has 0 radical (unpaired) electrons. The number of halogens is 1. The van der Waals surface area contributed by atoms with Crippen molar-refractivity contribution < 1.29 is 19.4 Å². The maximum absolute atomic E-state index is 13.2. The standard InChI is InChI=1S/C17H18FNO3/c1-10(2)13-8-14(16(21)9-15(13)20)19(3)17(22)11-5-4-6-12(18)7-11/h4-10,20-21H,1-3H3. The first-order valence-corrected chi connectivity index (χ1v) is 6.90. The van der Waals surface area contributed by atoms with Crippen LogP contribution in [0, 0.1) is 5.82 Å². The number of rotatable bonds is 3. The van der Waals surface area contributed by atoms with E-state index in [0.29, 0.717) is 5.56 Å². The number of hydrogen-bond donors (Lipinski definition) is 2. The lowest BCUT2D eigenvalue weighted by molar-refractivity contribution is 0.0992. The van der Waals surface area contributed by atoms with Crippen LogP contribution in [0.5, 0.6) is 11.5 Å². The van der Waals surface area contributed by atoms with Gasteiger partial charge in [-0.15, -0.1) is 0 Å². The summed E-state index contributed by atoms with van der Waals surface area (Å²) in [6.45, 7) is 3.79. The van der Waals surface area contributed by atoms with Gasteiger partial charge in [0, 0.05) is 18.7 Å². The molecular weight excluding hydrogens is 285 g/mol. The van der Waals surface area contributed by atoms with E-state index < -0.39 is 11.7 Å². The minimum Gasteiger partial charge on any atom is -0.508 e. The Labute approximate surface area is 128 Å². The van der Waals surface area contributed by atoms with Crippen molar-refractivity contribution in [3.8, 4) is 11.5 Å². The Morgan fingerprint density at radius 1 is 1.14 bits per heavy atom. The maximum atomic E-state index is 13.2. The predicted octanol–water partition coefficient (Wildman–Crippen LogP) is 3.64. The summed E-state index contributed by atoms with van der Waals surface area (Å²) in [5.41, 5.74) is 1.06. The molecule has 0 aromatic heterocycles. The van der Waals surface area contributed by atoms with Crippen molar-refractivity contribution in [3.05, 3.63) is 53.3 Å². The molecule has 0 aliphatic rings. The van der Waals surface area contributed by atoms with Crippen LogP contribution in [0.4, 0.5) is 10.1 Å². The average molecular weight is 303 g/mol. The van der Waals surface area contributed by atoms with Gasteiger partial charge < -0.3 is 15.1 Å². The fraction of sp³-hybridized carbons (Fsp3) is 0.235.